The van der Waals surface area contributed by atoms with Crippen LogP contribution in [0.5, 0.6) is 11.5 Å². The van der Waals surface area contributed by atoms with Crippen LogP contribution in [0.3, 0.4) is 0 Å². The maximum Gasteiger partial charge on any atom is 0.135 e. The average molecular weight is 1110 g/mol. The number of rotatable bonds is 8. The molecule has 10 aromatic rings. The SMILES string of the molecule is Cc1cc(C)cc(-c2cc(Oc3[c-]c4c(cc3)c3ccccc3n4-c3cc(C(C)(C)C)ccn3)[c-]c(N3[CH-]N(c4c(-c5cc(F)cc(F)c5)cccc4-c4cc(F)cc(F)c4)c4ccccc43)c2)c1.[Pt]. The van der Waals surface area contributed by atoms with Crippen molar-refractivity contribution in [1.82, 2.24) is 9.55 Å². The van der Waals surface area contributed by atoms with Crippen molar-refractivity contribution < 1.29 is 43.4 Å². The number of benzene rings is 8. The van der Waals surface area contributed by atoms with Crippen molar-refractivity contribution in [2.75, 3.05) is 9.80 Å². The van der Waals surface area contributed by atoms with Crippen molar-refractivity contribution in [2.24, 2.45) is 0 Å². The molecule has 0 amide bonds. The molecule has 2 aromatic heterocycles. The number of nitrogens with zero attached hydrogens (tertiary/aromatic N) is 4. The van der Waals surface area contributed by atoms with Crippen LogP contribution in [0.2, 0.25) is 0 Å². The zero-order chi connectivity index (χ0) is 47.7. The van der Waals surface area contributed by atoms with Gasteiger partial charge < -0.3 is 19.1 Å². The van der Waals surface area contributed by atoms with E-state index in [1.165, 1.54) is 24.3 Å². The summed E-state index contributed by atoms with van der Waals surface area (Å²) in [6, 6.07) is 53.4. The number of aromatic nitrogens is 2. The van der Waals surface area contributed by atoms with Crippen molar-refractivity contribution in [2.45, 2.75) is 40.0 Å². The number of ether oxygens (including phenoxy) is 1. The van der Waals surface area contributed by atoms with E-state index in [2.05, 4.69) is 99.8 Å². The van der Waals surface area contributed by atoms with E-state index in [1.807, 2.05) is 77.3 Å². The maximum atomic E-state index is 15.0. The Morgan fingerprint density at radius 1 is 0.543 bits per heavy atom. The average Bonchev–Trinajstić information content (AvgIpc) is 3.86. The molecule has 0 aliphatic carbocycles. The fourth-order valence-electron chi connectivity index (χ4n) is 9.49. The summed E-state index contributed by atoms with van der Waals surface area (Å²) >= 11 is 0. The second-order valence-electron chi connectivity index (χ2n) is 18.5. The van der Waals surface area contributed by atoms with Crippen LogP contribution in [0.25, 0.3) is 61.0 Å². The Morgan fingerprint density at radius 2 is 1.14 bits per heavy atom. The Morgan fingerprint density at radius 3 is 1.79 bits per heavy atom. The predicted octanol–water partition coefficient (Wildman–Crippen LogP) is 16.4. The van der Waals surface area contributed by atoms with Crippen molar-refractivity contribution in [3.63, 3.8) is 0 Å². The summed E-state index contributed by atoms with van der Waals surface area (Å²) in [5.74, 6) is -1.39. The maximum absolute atomic E-state index is 15.0. The molecule has 70 heavy (non-hydrogen) atoms. The van der Waals surface area contributed by atoms with Gasteiger partial charge in [0.2, 0.25) is 0 Å². The van der Waals surface area contributed by atoms with Gasteiger partial charge in [-0.05, 0) is 101 Å². The van der Waals surface area contributed by atoms with Crippen LogP contribution in [0, 0.1) is 55.9 Å². The predicted molar refractivity (Wildman–Crippen MR) is 269 cm³/mol. The molecule has 350 valence electrons. The summed E-state index contributed by atoms with van der Waals surface area (Å²) in [5, 5.41) is 2.06. The second-order valence-corrected chi connectivity index (χ2v) is 18.5. The summed E-state index contributed by atoms with van der Waals surface area (Å²) in [5.41, 5.74) is 10.7. The van der Waals surface area contributed by atoms with Gasteiger partial charge in [0.1, 0.15) is 29.1 Å². The standard InChI is InChI=1S/C60H43F4N4O.Pt/c1-36-21-37(2)23-38(22-36)39-28-47(33-49(29-39)69-48-17-18-53-52-11-6-7-14-54(52)68(57(53)34-48)58-30-42(19-20-65-58)60(3,4)5)66-35-67(56-16-9-8-15-55(56)66)59-50(40-24-43(61)31-44(62)25-40)12-10-13-51(59)41-26-45(63)32-46(64)27-41;/h6-32,35H,1-5H3;/q-3;. The molecule has 0 unspecified atom stereocenters. The molecule has 0 N–H and O–H groups in total. The largest absolute Gasteiger partial charge is 0.509 e. The van der Waals surface area contributed by atoms with Gasteiger partial charge in [-0.3, -0.25) is 0 Å². The van der Waals surface area contributed by atoms with Gasteiger partial charge >= 0.3 is 0 Å². The number of hydrogen-bond acceptors (Lipinski definition) is 4. The molecule has 3 heterocycles. The molecule has 1 aliphatic heterocycles. The normalized spacial score (nSPS) is 12.4. The van der Waals surface area contributed by atoms with E-state index >= 15 is 0 Å². The first-order chi connectivity index (χ1) is 33.2. The van der Waals surface area contributed by atoms with Crippen LogP contribution in [0.4, 0.5) is 40.3 Å². The van der Waals surface area contributed by atoms with E-state index in [9.17, 15) is 17.6 Å². The molecule has 0 bridgehead atoms. The zero-order valence-corrected chi connectivity index (χ0v) is 41.0. The minimum Gasteiger partial charge on any atom is -0.509 e. The number of para-hydroxylation sites is 4. The number of hydrogen-bond donors (Lipinski definition) is 0. The first-order valence-electron chi connectivity index (χ1n) is 22.6. The molecule has 0 spiro atoms. The number of anilines is 4. The molecule has 1 aliphatic rings. The number of halogens is 4. The fourth-order valence-corrected chi connectivity index (χ4v) is 9.49. The van der Waals surface area contributed by atoms with Crippen LogP contribution < -0.4 is 14.5 Å². The summed E-state index contributed by atoms with van der Waals surface area (Å²) < 4.78 is 68.9. The van der Waals surface area contributed by atoms with Crippen molar-refractivity contribution in [1.29, 1.82) is 0 Å². The van der Waals surface area contributed by atoms with E-state index < -0.39 is 23.3 Å². The van der Waals surface area contributed by atoms with E-state index in [1.54, 1.807) is 18.2 Å². The van der Waals surface area contributed by atoms with Crippen LogP contribution in [0.15, 0.2) is 164 Å². The summed E-state index contributed by atoms with van der Waals surface area (Å²) in [4.78, 5) is 8.69. The Labute approximate surface area is 418 Å². The number of aryl methyl sites for hydroxylation is 2. The van der Waals surface area contributed by atoms with Gasteiger partial charge in [0, 0.05) is 84.6 Å². The smallest absolute Gasteiger partial charge is 0.135 e. The molecule has 0 fully saturated rings. The molecule has 8 aromatic carbocycles. The van der Waals surface area contributed by atoms with Crippen LogP contribution in [-0.2, 0) is 26.5 Å². The molecule has 11 rings (SSSR count). The van der Waals surface area contributed by atoms with Gasteiger partial charge in [0.25, 0.3) is 0 Å². The quantitative estimate of drug-likeness (QED) is 0.112. The van der Waals surface area contributed by atoms with E-state index in [0.717, 1.165) is 73.3 Å². The molecular formula is C60H43F4N4OPt-3. The molecule has 0 radical (unpaired) electrons. The summed E-state index contributed by atoms with van der Waals surface area (Å²) in [6.07, 6.45) is 1.85. The molecule has 0 saturated carbocycles. The molecule has 0 saturated heterocycles. The van der Waals surface area contributed by atoms with Crippen molar-refractivity contribution >= 4 is 44.6 Å². The molecular weight excluding hydrogens is 1060 g/mol. The first kappa shape index (κ1) is 46.3. The van der Waals surface area contributed by atoms with Crippen LogP contribution >= 0.6 is 0 Å². The van der Waals surface area contributed by atoms with Gasteiger partial charge in [-0.2, -0.15) is 6.07 Å². The van der Waals surface area contributed by atoms with Crippen molar-refractivity contribution in [3.8, 4) is 50.7 Å². The minimum atomic E-state index is -0.764. The summed E-state index contributed by atoms with van der Waals surface area (Å²) in [6.45, 7) is 12.5. The Balaban J connectivity index is 0.00000567. The third-order valence-electron chi connectivity index (χ3n) is 12.5. The van der Waals surface area contributed by atoms with E-state index in [4.69, 9.17) is 9.72 Å². The van der Waals surface area contributed by atoms with Gasteiger partial charge in [-0.1, -0.05) is 104 Å². The fraction of sp³-hybridized carbons (Fsp3) is 0.100. The first-order valence-corrected chi connectivity index (χ1v) is 22.6. The van der Waals surface area contributed by atoms with Gasteiger partial charge in [-0.25, -0.2) is 22.5 Å². The minimum absolute atomic E-state index is 0. The molecule has 5 nitrogen and oxygen atoms in total. The third-order valence-corrected chi connectivity index (χ3v) is 12.5. The molecule has 10 heteroatoms. The second kappa shape index (κ2) is 18.1. The Kier molecular flexibility index (Phi) is 12.0. The van der Waals surface area contributed by atoms with E-state index in [-0.39, 0.29) is 37.6 Å². The van der Waals surface area contributed by atoms with E-state index in [0.29, 0.717) is 39.7 Å². The Bertz CT molecular complexity index is 3540. The molecule has 0 atom stereocenters. The summed E-state index contributed by atoms with van der Waals surface area (Å²) in [7, 11) is 0. The number of fused-ring (bicyclic) bond motifs is 4. The number of pyridine rings is 1. The topological polar surface area (TPSA) is 33.5 Å². The zero-order valence-electron chi connectivity index (χ0n) is 38.7. The van der Waals surface area contributed by atoms with Gasteiger partial charge in [-0.15, -0.1) is 53.6 Å². The van der Waals surface area contributed by atoms with Crippen molar-refractivity contribution in [3.05, 3.63) is 223 Å². The van der Waals surface area contributed by atoms with Crippen LogP contribution in [-0.4, -0.2) is 9.55 Å². The monoisotopic (exact) mass is 1110 g/mol. The van der Waals surface area contributed by atoms with Gasteiger partial charge in [0.05, 0.1) is 0 Å². The van der Waals surface area contributed by atoms with Crippen LogP contribution in [0.1, 0.15) is 37.5 Å². The van der Waals surface area contributed by atoms with Gasteiger partial charge in [0.15, 0.2) is 0 Å². The third kappa shape index (κ3) is 8.64. The Hall–Kier alpha value is -7.48.